The number of thioether (sulfide) groups is 1. The lowest BCUT2D eigenvalue weighted by atomic mass is 9.56. The molecular formula is C19H30N2OS. The van der Waals surface area contributed by atoms with Crippen LogP contribution in [0.2, 0.25) is 0 Å². The van der Waals surface area contributed by atoms with Gasteiger partial charge in [-0.2, -0.15) is 5.26 Å². The van der Waals surface area contributed by atoms with Crippen molar-refractivity contribution in [2.45, 2.75) is 81.8 Å². The van der Waals surface area contributed by atoms with E-state index in [1.54, 1.807) is 0 Å². The molecule has 2 atom stereocenters. The molecule has 0 heterocycles. The van der Waals surface area contributed by atoms with Crippen LogP contribution in [-0.2, 0) is 4.79 Å². The first kappa shape index (κ1) is 17.1. The largest absolute Gasteiger partial charge is 0.337 e. The first-order chi connectivity index (χ1) is 10.8. The van der Waals surface area contributed by atoms with Gasteiger partial charge in [-0.1, -0.05) is 13.8 Å². The first-order valence-corrected chi connectivity index (χ1v) is 10.0. The molecule has 4 rings (SSSR count). The van der Waals surface area contributed by atoms with Gasteiger partial charge in [0, 0.05) is 4.75 Å². The maximum Gasteiger partial charge on any atom is 0.234 e. The summed E-state index contributed by atoms with van der Waals surface area (Å²) < 4.78 is 0.340. The van der Waals surface area contributed by atoms with E-state index < -0.39 is 5.54 Å². The lowest BCUT2D eigenvalue weighted by Gasteiger charge is -2.57. The van der Waals surface area contributed by atoms with Gasteiger partial charge in [0.1, 0.15) is 5.54 Å². The summed E-state index contributed by atoms with van der Waals surface area (Å²) in [5.74, 6) is 2.86. The Kier molecular flexibility index (Phi) is 4.46. The Labute approximate surface area is 145 Å². The van der Waals surface area contributed by atoms with E-state index in [-0.39, 0.29) is 17.1 Å². The van der Waals surface area contributed by atoms with Gasteiger partial charge in [-0.25, -0.2) is 0 Å². The van der Waals surface area contributed by atoms with E-state index in [1.165, 1.54) is 38.5 Å². The second-order valence-electron chi connectivity index (χ2n) is 8.82. The molecule has 4 saturated carbocycles. The molecule has 0 aromatic rings. The van der Waals surface area contributed by atoms with Crippen LogP contribution < -0.4 is 5.32 Å². The standard InChI is InChI=1S/C19H30N2OS/c1-12(2)18(4,11-20)21-17(22)13(3)23-19-8-14-5-15(9-19)7-16(6-14)10-19/h12-16H,5-10H2,1-4H3,(H,21,22)/t13-,14?,15?,16?,18+,19?/m0/s1. The van der Waals surface area contributed by atoms with Crippen LogP contribution in [0.25, 0.3) is 0 Å². The Bertz CT molecular complexity index is 489. The minimum Gasteiger partial charge on any atom is -0.337 e. The van der Waals surface area contributed by atoms with Gasteiger partial charge in [-0.3, -0.25) is 4.79 Å². The smallest absolute Gasteiger partial charge is 0.234 e. The molecule has 4 aliphatic carbocycles. The van der Waals surface area contributed by atoms with Crippen molar-refractivity contribution in [3.63, 3.8) is 0 Å². The first-order valence-electron chi connectivity index (χ1n) is 9.16. The Morgan fingerprint density at radius 1 is 1.17 bits per heavy atom. The normalized spacial score (nSPS) is 38.9. The summed E-state index contributed by atoms with van der Waals surface area (Å²) in [6.07, 6.45) is 8.21. The number of nitrogens with one attached hydrogen (secondary N) is 1. The fourth-order valence-electron chi connectivity index (χ4n) is 5.26. The van der Waals surface area contributed by atoms with Crippen LogP contribution in [0.5, 0.6) is 0 Å². The summed E-state index contributed by atoms with van der Waals surface area (Å²) in [6, 6.07) is 2.28. The van der Waals surface area contributed by atoms with Crippen LogP contribution in [0.3, 0.4) is 0 Å². The van der Waals surface area contributed by atoms with Crippen molar-refractivity contribution in [2.75, 3.05) is 0 Å². The summed E-state index contributed by atoms with van der Waals surface area (Å²) in [6.45, 7) is 7.83. The third kappa shape index (κ3) is 3.27. The maximum atomic E-state index is 12.7. The molecule has 4 bridgehead atoms. The zero-order valence-corrected chi connectivity index (χ0v) is 15.7. The van der Waals surface area contributed by atoms with E-state index in [2.05, 4.69) is 11.4 Å². The van der Waals surface area contributed by atoms with Crippen LogP contribution in [0.4, 0.5) is 0 Å². The van der Waals surface area contributed by atoms with Gasteiger partial charge in [0.15, 0.2) is 0 Å². The van der Waals surface area contributed by atoms with Gasteiger partial charge in [0.2, 0.25) is 5.91 Å². The van der Waals surface area contributed by atoms with E-state index in [1.807, 2.05) is 39.5 Å². The predicted molar refractivity (Wildman–Crippen MR) is 95.0 cm³/mol. The summed E-state index contributed by atoms with van der Waals surface area (Å²) in [5, 5.41) is 12.3. The number of carbonyl (C=O) groups excluding carboxylic acids is 1. The van der Waals surface area contributed by atoms with Gasteiger partial charge >= 0.3 is 0 Å². The van der Waals surface area contributed by atoms with E-state index in [9.17, 15) is 10.1 Å². The molecule has 0 aromatic carbocycles. The van der Waals surface area contributed by atoms with Crippen LogP contribution in [0.1, 0.15) is 66.2 Å². The second-order valence-corrected chi connectivity index (χ2v) is 10.6. The van der Waals surface area contributed by atoms with Gasteiger partial charge in [-0.15, -0.1) is 11.8 Å². The third-order valence-electron chi connectivity index (χ3n) is 6.55. The zero-order chi connectivity index (χ0) is 16.8. The minimum absolute atomic E-state index is 0.0310. The van der Waals surface area contributed by atoms with Crippen molar-refractivity contribution < 1.29 is 4.79 Å². The molecule has 4 fully saturated rings. The van der Waals surface area contributed by atoms with Crippen molar-refractivity contribution in [3.8, 4) is 6.07 Å². The average molecular weight is 335 g/mol. The van der Waals surface area contributed by atoms with Crippen LogP contribution >= 0.6 is 11.8 Å². The monoisotopic (exact) mass is 334 g/mol. The van der Waals surface area contributed by atoms with Crippen molar-refractivity contribution in [2.24, 2.45) is 23.7 Å². The number of nitrogens with zero attached hydrogens (tertiary/aromatic N) is 1. The summed E-state index contributed by atoms with van der Waals surface area (Å²) in [5.41, 5.74) is -0.770. The molecule has 1 N–H and O–H groups in total. The third-order valence-corrected chi connectivity index (χ3v) is 8.12. The summed E-state index contributed by atoms with van der Waals surface area (Å²) in [4.78, 5) is 12.7. The number of rotatable bonds is 5. The number of carbonyl (C=O) groups is 1. The number of hydrogen-bond acceptors (Lipinski definition) is 3. The minimum atomic E-state index is -0.770. The highest BCUT2D eigenvalue weighted by Gasteiger charge is 2.52. The summed E-state index contributed by atoms with van der Waals surface area (Å²) >= 11 is 1.91. The lowest BCUT2D eigenvalue weighted by molar-refractivity contribution is -0.122. The Hall–Kier alpha value is -0.690. The van der Waals surface area contributed by atoms with Crippen molar-refractivity contribution in [1.29, 1.82) is 5.26 Å². The molecule has 0 radical (unpaired) electrons. The van der Waals surface area contributed by atoms with Crippen LogP contribution in [0.15, 0.2) is 0 Å². The fraction of sp³-hybridized carbons (Fsp3) is 0.895. The highest BCUT2D eigenvalue weighted by molar-refractivity contribution is 8.01. The SMILES string of the molecule is CC(C)[C@@](C)(C#N)NC(=O)[C@H](C)SC12CC3CC(CC(C3)C1)C2. The quantitative estimate of drug-likeness (QED) is 0.822. The van der Waals surface area contributed by atoms with Crippen molar-refractivity contribution >= 4 is 17.7 Å². The molecule has 0 spiro atoms. The molecule has 0 aliphatic heterocycles. The van der Waals surface area contributed by atoms with Crippen LogP contribution in [0, 0.1) is 35.0 Å². The fourth-order valence-corrected chi connectivity index (χ4v) is 7.17. The average Bonchev–Trinajstić information content (AvgIpc) is 2.44. The van der Waals surface area contributed by atoms with Gasteiger partial charge < -0.3 is 5.32 Å². The molecule has 0 aromatic heterocycles. The molecule has 3 nitrogen and oxygen atoms in total. The van der Waals surface area contributed by atoms with E-state index in [0.717, 1.165) is 17.8 Å². The lowest BCUT2D eigenvalue weighted by Crippen LogP contribution is -2.53. The van der Waals surface area contributed by atoms with E-state index in [4.69, 9.17) is 0 Å². The molecule has 1 amide bonds. The van der Waals surface area contributed by atoms with Gasteiger partial charge in [0.25, 0.3) is 0 Å². The molecule has 0 saturated heterocycles. The summed E-state index contributed by atoms with van der Waals surface area (Å²) in [7, 11) is 0. The zero-order valence-electron chi connectivity index (χ0n) is 14.9. The molecule has 23 heavy (non-hydrogen) atoms. The Morgan fingerprint density at radius 2 is 1.65 bits per heavy atom. The molecule has 128 valence electrons. The molecule has 4 heteroatoms. The second kappa shape index (κ2) is 5.99. The molecule has 0 unspecified atom stereocenters. The highest BCUT2D eigenvalue weighted by atomic mass is 32.2. The predicted octanol–water partition coefficient (Wildman–Crippen LogP) is 4.13. The Morgan fingerprint density at radius 3 is 2.04 bits per heavy atom. The Balaban J connectivity index is 1.64. The number of hydrogen-bond donors (Lipinski definition) is 1. The number of nitriles is 1. The van der Waals surface area contributed by atoms with Crippen molar-refractivity contribution in [1.82, 2.24) is 5.32 Å². The molecule has 4 aliphatic rings. The highest BCUT2D eigenvalue weighted by Crippen LogP contribution is 2.61. The van der Waals surface area contributed by atoms with E-state index in [0.29, 0.717) is 4.75 Å². The van der Waals surface area contributed by atoms with Crippen LogP contribution in [-0.4, -0.2) is 21.4 Å². The number of amides is 1. The molecular weight excluding hydrogens is 304 g/mol. The van der Waals surface area contributed by atoms with Gasteiger partial charge in [-0.05, 0) is 76.0 Å². The maximum absolute atomic E-state index is 12.7. The van der Waals surface area contributed by atoms with E-state index >= 15 is 0 Å². The topological polar surface area (TPSA) is 52.9 Å². The van der Waals surface area contributed by atoms with Gasteiger partial charge in [0.05, 0.1) is 11.3 Å². The van der Waals surface area contributed by atoms with Crippen molar-refractivity contribution in [3.05, 3.63) is 0 Å².